The first-order valence-corrected chi connectivity index (χ1v) is 51.2. The van der Waals surface area contributed by atoms with Gasteiger partial charge in [-0.05, 0) is 179 Å². The zero-order valence-electron chi connectivity index (χ0n) is 71.8. The van der Waals surface area contributed by atoms with Gasteiger partial charge in [0.05, 0.1) is 0 Å². The Labute approximate surface area is 681 Å². The standard InChI is InChI=1S/C99H130N8O4Si3/c1-16-22-28-34-50-112(51-35-29-23-17-2,52-36-30-24-18-3)110-114(111-113(53-37-31-25-19-4,54-38-32-26-20-5)55-39-33-27-21-6)106-93-84-62-69-42-40-68(41-49-88(108)109)56-73(69)66-86(84)95(106)102-89-80-60-70-43-46-77(97(7,8)9)57-74(70)64-82(80)92(100-89)105-94-85-63-72-45-48-79(99(13,14)15)59-76(72)67-87(85)96(107(94)114)103-90-81-61-71-44-47-78(98(10,11)12)58-75(71)65-83(81)91(101-90)104-93/h40-49,56-67H,16-39,50-55H2,1-15H3,(H,108,109)(H,100,102,105)(H,101,103,104)/b49-41+. The summed E-state index contributed by atoms with van der Waals surface area (Å²) in [5, 5.41) is 26.7. The maximum Gasteiger partial charge on any atom is 0.582 e. The second-order valence-electron chi connectivity index (χ2n) is 37.3. The molecule has 14 rings (SSSR count). The number of aromatic nitrogens is 4. The molecule has 15 heteroatoms. The lowest BCUT2D eigenvalue weighted by Crippen LogP contribution is -2.75. The van der Waals surface area contributed by atoms with Gasteiger partial charge in [0.1, 0.15) is 45.2 Å². The molecule has 0 aliphatic carbocycles. The van der Waals surface area contributed by atoms with Gasteiger partial charge >= 0.3 is 14.9 Å². The molecule has 114 heavy (non-hydrogen) atoms. The zero-order valence-corrected chi connectivity index (χ0v) is 74.8. The number of H-pyrrole nitrogens is 2. The van der Waals surface area contributed by atoms with Crippen LogP contribution in [0.25, 0.3) is 92.3 Å². The number of carboxylic acids is 1. The summed E-state index contributed by atoms with van der Waals surface area (Å²) in [4.78, 5) is 46.6. The van der Waals surface area contributed by atoms with Crippen LogP contribution in [0.1, 0.15) is 280 Å². The second kappa shape index (κ2) is 34.6. The monoisotopic (exact) mass is 1580 g/mol. The number of nitrogens with one attached hydrogen (secondary N) is 2. The van der Waals surface area contributed by atoms with E-state index in [9.17, 15) is 18.1 Å². The number of unbranched alkanes of at least 4 members (excludes halogenated alkanes) is 18. The normalized spacial score (nSPS) is 15.2. The highest BCUT2D eigenvalue weighted by molar-refractivity contribution is 6.89. The SMILES string of the molecule is CCCCCC[Si](CCCCCC)(CCCCCC)O[Si]1(O[Si](CCCCCC)(CCCCCC)CCCCCC)n2/c3c4cc5ccc(C(C)(C)C)cc5cc4/c2=N/c2[nH]c(c4cc5cc(C(C)(C)C)ccc5cc24)/N=c2\c4cc5ccc(/C=C/C(=O)O)cc5cc4/c(n21)=N/c1[nH]c(c2cc4cc(C(C)(C)C)ccc4cc12)/N=3. The quantitative estimate of drug-likeness (QED) is 0.0204. The number of carboxylic acid groups (broad SMARTS) is 1. The van der Waals surface area contributed by atoms with E-state index in [0.717, 1.165) is 283 Å². The number of nitrogens with zero attached hydrogens (tertiary/aromatic N) is 6. The van der Waals surface area contributed by atoms with E-state index < -0.39 is 31.5 Å². The highest BCUT2D eigenvalue weighted by Crippen LogP contribution is 2.46. The molecule has 2 aliphatic heterocycles. The molecule has 0 amide bonds. The fourth-order valence-corrected chi connectivity index (χ4v) is 36.3. The first kappa shape index (κ1) is 82.5. The lowest BCUT2D eigenvalue weighted by molar-refractivity contribution is -0.131. The minimum absolute atomic E-state index is 0.0940. The predicted molar refractivity (Wildman–Crippen MR) is 490 cm³/mol. The Morgan fingerprint density at radius 2 is 0.605 bits per heavy atom. The number of hydrogen-bond acceptors (Lipinski definition) is 7. The molecule has 0 saturated heterocycles. The molecule has 6 bridgehead atoms. The molecule has 12 nitrogen and oxygen atoms in total. The van der Waals surface area contributed by atoms with E-state index in [1.807, 2.05) is 6.07 Å². The number of hydrogen-bond donors (Lipinski definition) is 3. The molecule has 0 spiro atoms. The van der Waals surface area contributed by atoms with E-state index >= 15 is 0 Å². The molecular weight excluding hydrogens is 1450 g/mol. The van der Waals surface area contributed by atoms with Crippen molar-refractivity contribution in [2.75, 3.05) is 0 Å². The van der Waals surface area contributed by atoms with Crippen molar-refractivity contribution >= 4 is 147 Å². The average molecular weight is 1580 g/mol. The topological polar surface area (TPSA) is 147 Å². The Balaban J connectivity index is 1.31. The van der Waals surface area contributed by atoms with Gasteiger partial charge < -0.3 is 23.3 Å². The highest BCUT2D eigenvalue weighted by Gasteiger charge is 2.60. The first-order valence-electron chi connectivity index (χ1n) is 44.5. The van der Waals surface area contributed by atoms with Crippen LogP contribution in [-0.2, 0) is 29.3 Å². The minimum atomic E-state index is -4.88. The number of carbonyl (C=O) groups is 1. The van der Waals surface area contributed by atoms with Crippen LogP contribution in [0.15, 0.2) is 147 Å². The average Bonchev–Trinajstić information content (AvgIpc) is 1.51. The largest absolute Gasteiger partial charge is 0.582 e. The Morgan fingerprint density at radius 1 is 0.351 bits per heavy atom. The van der Waals surface area contributed by atoms with E-state index in [4.69, 9.17) is 20.0 Å². The van der Waals surface area contributed by atoms with Crippen molar-refractivity contribution in [3.8, 4) is 0 Å². The maximum atomic E-state index is 12.4. The zero-order chi connectivity index (χ0) is 80.3. The van der Waals surface area contributed by atoms with Crippen molar-refractivity contribution < 1.29 is 18.1 Å². The fourth-order valence-electron chi connectivity index (χ4n) is 18.5. The smallest absolute Gasteiger partial charge is 0.478 e. The van der Waals surface area contributed by atoms with Gasteiger partial charge in [0, 0.05) is 49.2 Å². The summed E-state index contributed by atoms with van der Waals surface area (Å²) in [7, 11) is -11.3. The Bertz CT molecular complexity index is 5700. The fraction of sp³-hybridized carbons (Fsp3) is 0.485. The van der Waals surface area contributed by atoms with Crippen LogP contribution in [0.2, 0.25) is 36.3 Å². The van der Waals surface area contributed by atoms with Crippen LogP contribution in [-0.4, -0.2) is 55.0 Å². The van der Waals surface area contributed by atoms with E-state index in [1.165, 1.54) is 61.3 Å². The summed E-state index contributed by atoms with van der Waals surface area (Å²) in [6.07, 6.45) is 30.1. The van der Waals surface area contributed by atoms with Gasteiger partial charge in [-0.3, -0.25) is 8.47 Å². The lowest BCUT2D eigenvalue weighted by atomic mass is 9.85. The molecule has 0 saturated carbocycles. The van der Waals surface area contributed by atoms with E-state index in [1.54, 1.807) is 6.08 Å². The molecule has 12 aromatic rings. The summed E-state index contributed by atoms with van der Waals surface area (Å²) in [5.41, 5.74) is 7.32. The molecule has 0 atom stereocenters. The number of aliphatic carboxylic acids is 1. The van der Waals surface area contributed by atoms with Crippen molar-refractivity contribution in [2.24, 2.45) is 20.0 Å². The van der Waals surface area contributed by atoms with Gasteiger partial charge in [0.15, 0.2) is 16.6 Å². The first-order chi connectivity index (χ1) is 54.8. The molecule has 2 aliphatic rings. The van der Waals surface area contributed by atoms with Gasteiger partial charge in [-0.2, -0.15) is 0 Å². The second-order valence-corrected chi connectivity index (χ2v) is 48.7. The highest BCUT2D eigenvalue weighted by atomic mass is 28.5. The number of fused-ring (bicyclic) bond motifs is 20. The predicted octanol–water partition coefficient (Wildman–Crippen LogP) is 27.8. The number of aromatic amines is 2. The summed E-state index contributed by atoms with van der Waals surface area (Å²) < 4.78 is 25.2. The molecule has 8 aromatic carbocycles. The van der Waals surface area contributed by atoms with Crippen molar-refractivity contribution in [1.29, 1.82) is 0 Å². The van der Waals surface area contributed by atoms with Gasteiger partial charge in [0.25, 0.3) is 0 Å². The third kappa shape index (κ3) is 17.2. The Kier molecular flexibility index (Phi) is 25.1. The van der Waals surface area contributed by atoms with E-state index in [2.05, 4.69) is 238 Å². The van der Waals surface area contributed by atoms with E-state index in [-0.39, 0.29) is 16.2 Å². The summed E-state index contributed by atoms with van der Waals surface area (Å²) in [6, 6.07) is 52.6. The van der Waals surface area contributed by atoms with Crippen LogP contribution in [0, 0.1) is 0 Å². The van der Waals surface area contributed by atoms with Gasteiger partial charge in [-0.25, -0.2) is 24.8 Å². The molecule has 0 fully saturated rings. The van der Waals surface area contributed by atoms with Crippen LogP contribution >= 0.6 is 0 Å². The van der Waals surface area contributed by atoms with Crippen molar-refractivity contribution in [1.82, 2.24) is 18.4 Å². The molecule has 6 heterocycles. The lowest BCUT2D eigenvalue weighted by Gasteiger charge is -2.47. The molecular formula is C99H130N8O4Si3. The van der Waals surface area contributed by atoms with Gasteiger partial charge in [-0.15, -0.1) is 0 Å². The molecule has 4 aromatic heterocycles. The van der Waals surface area contributed by atoms with Crippen LogP contribution in [0.5, 0.6) is 0 Å². The maximum absolute atomic E-state index is 12.4. The summed E-state index contributed by atoms with van der Waals surface area (Å²) in [5.74, 6) is 1.90. The van der Waals surface area contributed by atoms with Crippen molar-refractivity contribution in [3.05, 3.63) is 172 Å². The Morgan fingerprint density at radius 3 is 0.877 bits per heavy atom. The minimum Gasteiger partial charge on any atom is -0.478 e. The van der Waals surface area contributed by atoms with Crippen LogP contribution < -0.4 is 22.0 Å². The molecule has 0 radical (unpaired) electrons. The van der Waals surface area contributed by atoms with Crippen LogP contribution in [0.4, 0.5) is 23.3 Å². The Hall–Kier alpha value is -8.06. The number of benzene rings is 8. The third-order valence-corrected chi connectivity index (χ3v) is 40.5. The van der Waals surface area contributed by atoms with Gasteiger partial charge in [0.2, 0.25) is 0 Å². The van der Waals surface area contributed by atoms with E-state index in [0.29, 0.717) is 5.82 Å². The third-order valence-electron chi connectivity index (χ3n) is 25.3. The van der Waals surface area contributed by atoms with Crippen LogP contribution in [0.3, 0.4) is 0 Å². The van der Waals surface area contributed by atoms with Crippen molar-refractivity contribution in [3.63, 3.8) is 0 Å². The molecule has 602 valence electrons. The summed E-state index contributed by atoms with van der Waals surface area (Å²) >= 11 is 0. The number of rotatable bonds is 36. The molecule has 3 N–H and O–H groups in total. The van der Waals surface area contributed by atoms with Crippen molar-refractivity contribution in [2.45, 2.75) is 310 Å². The van der Waals surface area contributed by atoms with Gasteiger partial charge in [-0.1, -0.05) is 325 Å². The molecule has 0 unspecified atom stereocenters. The summed E-state index contributed by atoms with van der Waals surface area (Å²) in [6.45, 7) is 35.0.